The lowest BCUT2D eigenvalue weighted by molar-refractivity contribution is 0.200. The summed E-state index contributed by atoms with van der Waals surface area (Å²) >= 11 is 0. The fourth-order valence-corrected chi connectivity index (χ4v) is 5.02. The molecule has 2 bridgehead atoms. The number of fused-ring (bicyclic) bond motifs is 5. The third-order valence-electron chi connectivity index (χ3n) is 6.51. The van der Waals surface area contributed by atoms with Gasteiger partial charge in [-0.1, -0.05) is 26.8 Å². The molecule has 132 valence electrons. The molecule has 1 saturated carbocycles. The first-order chi connectivity index (χ1) is 11.9. The fourth-order valence-electron chi connectivity index (χ4n) is 5.02. The molecule has 1 N–H and O–H groups in total. The molecule has 0 unspecified atom stereocenters. The van der Waals surface area contributed by atoms with Crippen LogP contribution in [0.5, 0.6) is 0 Å². The molecule has 0 saturated heterocycles. The van der Waals surface area contributed by atoms with Crippen LogP contribution in [0.25, 0.3) is 11.3 Å². The molecule has 1 aromatic carbocycles. The predicted octanol–water partition coefficient (Wildman–Crippen LogP) is 4.19. The van der Waals surface area contributed by atoms with Gasteiger partial charge in [-0.2, -0.15) is 10.2 Å². The van der Waals surface area contributed by atoms with E-state index in [4.69, 9.17) is 0 Å². The summed E-state index contributed by atoms with van der Waals surface area (Å²) in [6.45, 7) is 8.44. The Morgan fingerprint density at radius 3 is 2.60 bits per heavy atom. The Morgan fingerprint density at radius 1 is 1.20 bits per heavy atom. The number of hydrogen-bond acceptors (Lipinski definition) is 3. The van der Waals surface area contributed by atoms with Gasteiger partial charge in [0.25, 0.3) is 0 Å². The van der Waals surface area contributed by atoms with Crippen molar-refractivity contribution in [2.75, 3.05) is 13.1 Å². The molecule has 1 heterocycles. The first-order valence-corrected chi connectivity index (χ1v) is 8.95. The Balaban J connectivity index is 1.85. The van der Waals surface area contributed by atoms with Crippen molar-refractivity contribution in [3.05, 3.63) is 47.2 Å². The van der Waals surface area contributed by atoms with Gasteiger partial charge in [-0.3, -0.25) is 0 Å². The third kappa shape index (κ3) is 2.11. The van der Waals surface area contributed by atoms with Crippen molar-refractivity contribution in [1.82, 2.24) is 15.5 Å². The fraction of sp³-hybridized carbons (Fsp3) is 0.500. The monoisotopic (exact) mass is 343 g/mol. The lowest BCUT2D eigenvalue weighted by atomic mass is 9.68. The van der Waals surface area contributed by atoms with E-state index >= 15 is 0 Å². The van der Waals surface area contributed by atoms with E-state index in [2.05, 4.69) is 36.3 Å². The zero-order chi connectivity index (χ0) is 17.8. The van der Waals surface area contributed by atoms with E-state index in [0.717, 1.165) is 37.2 Å². The molecule has 1 aromatic heterocycles. The number of hydrogen-bond donors (Lipinski definition) is 1. The van der Waals surface area contributed by atoms with Gasteiger partial charge in [0.1, 0.15) is 11.6 Å². The van der Waals surface area contributed by atoms with Crippen LogP contribution in [-0.4, -0.2) is 23.3 Å². The number of halogens is 2. The molecule has 5 heteroatoms. The standard InChI is InChI=1S/C20H23F2N3/c1-4-23-11-20-9-8-13(19(20,2)3)12-10-16(24-25-18(12)20)17-14(21)6-5-7-15(17)22/h5-7,10,13,23H,4,8-9,11H2,1-3H3/t13-,20-/m0/s1. The molecule has 3 nitrogen and oxygen atoms in total. The molecule has 0 aliphatic heterocycles. The van der Waals surface area contributed by atoms with E-state index < -0.39 is 11.6 Å². The highest BCUT2D eigenvalue weighted by molar-refractivity contribution is 5.63. The Hall–Kier alpha value is -1.88. The predicted molar refractivity (Wildman–Crippen MR) is 93.4 cm³/mol. The molecule has 0 amide bonds. The van der Waals surface area contributed by atoms with Crippen LogP contribution in [-0.2, 0) is 5.41 Å². The molecule has 25 heavy (non-hydrogen) atoms. The van der Waals surface area contributed by atoms with E-state index in [1.807, 2.05) is 6.07 Å². The molecule has 0 radical (unpaired) electrons. The van der Waals surface area contributed by atoms with Gasteiger partial charge in [-0.05, 0) is 54.5 Å². The molecule has 2 aromatic rings. The van der Waals surface area contributed by atoms with E-state index in [1.54, 1.807) is 0 Å². The molecule has 0 spiro atoms. The highest BCUT2D eigenvalue weighted by atomic mass is 19.1. The van der Waals surface area contributed by atoms with Crippen molar-refractivity contribution >= 4 is 0 Å². The summed E-state index contributed by atoms with van der Waals surface area (Å²) in [6.07, 6.45) is 2.16. The lowest BCUT2D eigenvalue weighted by Gasteiger charge is -2.38. The zero-order valence-electron chi connectivity index (χ0n) is 14.9. The van der Waals surface area contributed by atoms with Gasteiger partial charge in [0.2, 0.25) is 0 Å². The van der Waals surface area contributed by atoms with Crippen LogP contribution in [0.4, 0.5) is 8.78 Å². The first kappa shape index (κ1) is 16.6. The third-order valence-corrected chi connectivity index (χ3v) is 6.51. The lowest BCUT2D eigenvalue weighted by Crippen LogP contribution is -2.44. The van der Waals surface area contributed by atoms with Crippen molar-refractivity contribution in [2.45, 2.75) is 44.9 Å². The van der Waals surface area contributed by atoms with Gasteiger partial charge >= 0.3 is 0 Å². The summed E-state index contributed by atoms with van der Waals surface area (Å²) in [5.41, 5.74) is 2.33. The molecular formula is C20H23F2N3. The highest BCUT2D eigenvalue weighted by Crippen LogP contribution is 2.67. The normalized spacial score (nSPS) is 26.0. The van der Waals surface area contributed by atoms with Crippen molar-refractivity contribution in [3.8, 4) is 11.3 Å². The average molecular weight is 343 g/mol. The van der Waals surface area contributed by atoms with Crippen LogP contribution in [0.2, 0.25) is 0 Å². The van der Waals surface area contributed by atoms with E-state index in [0.29, 0.717) is 5.92 Å². The summed E-state index contributed by atoms with van der Waals surface area (Å²) in [4.78, 5) is 0. The maximum atomic E-state index is 14.2. The Labute approximate surface area is 146 Å². The van der Waals surface area contributed by atoms with Gasteiger partial charge in [0.15, 0.2) is 0 Å². The summed E-state index contributed by atoms with van der Waals surface area (Å²) < 4.78 is 28.3. The highest BCUT2D eigenvalue weighted by Gasteiger charge is 2.63. The van der Waals surface area contributed by atoms with Crippen LogP contribution in [0.1, 0.15) is 50.8 Å². The number of nitrogens with zero attached hydrogens (tertiary/aromatic N) is 2. The largest absolute Gasteiger partial charge is 0.316 e. The van der Waals surface area contributed by atoms with E-state index in [-0.39, 0.29) is 22.1 Å². The van der Waals surface area contributed by atoms with Gasteiger partial charge in [0.05, 0.1) is 17.0 Å². The van der Waals surface area contributed by atoms with E-state index in [1.165, 1.54) is 18.2 Å². The number of likely N-dealkylation sites (N-methyl/N-ethyl adjacent to an activating group) is 1. The number of nitrogens with one attached hydrogen (secondary N) is 1. The zero-order valence-corrected chi connectivity index (χ0v) is 14.9. The molecular weight excluding hydrogens is 320 g/mol. The maximum absolute atomic E-state index is 14.2. The maximum Gasteiger partial charge on any atom is 0.135 e. The van der Waals surface area contributed by atoms with Crippen molar-refractivity contribution in [3.63, 3.8) is 0 Å². The molecule has 4 rings (SSSR count). The van der Waals surface area contributed by atoms with Crippen molar-refractivity contribution in [1.29, 1.82) is 0 Å². The second-order valence-corrected chi connectivity index (χ2v) is 7.81. The van der Waals surface area contributed by atoms with Crippen molar-refractivity contribution in [2.24, 2.45) is 5.41 Å². The van der Waals surface area contributed by atoms with Crippen LogP contribution in [0.15, 0.2) is 24.3 Å². The van der Waals surface area contributed by atoms with Gasteiger partial charge in [-0.15, -0.1) is 0 Å². The van der Waals surface area contributed by atoms with Crippen LogP contribution in [0, 0.1) is 17.0 Å². The average Bonchev–Trinajstić information content (AvgIpc) is 2.94. The van der Waals surface area contributed by atoms with Gasteiger partial charge < -0.3 is 5.32 Å². The molecule has 2 aliphatic rings. The van der Waals surface area contributed by atoms with Crippen LogP contribution >= 0.6 is 0 Å². The van der Waals surface area contributed by atoms with Crippen LogP contribution < -0.4 is 5.32 Å². The molecule has 1 fully saturated rings. The smallest absolute Gasteiger partial charge is 0.135 e. The first-order valence-electron chi connectivity index (χ1n) is 8.95. The second kappa shape index (κ2) is 5.56. The minimum Gasteiger partial charge on any atom is -0.316 e. The summed E-state index contributed by atoms with van der Waals surface area (Å²) in [6, 6.07) is 5.75. The Morgan fingerprint density at radius 2 is 1.92 bits per heavy atom. The summed E-state index contributed by atoms with van der Waals surface area (Å²) in [5, 5.41) is 12.2. The van der Waals surface area contributed by atoms with Gasteiger partial charge in [-0.25, -0.2) is 8.78 Å². The van der Waals surface area contributed by atoms with Crippen LogP contribution in [0.3, 0.4) is 0 Å². The minimum absolute atomic E-state index is 0.0533. The second-order valence-electron chi connectivity index (χ2n) is 7.81. The summed E-state index contributed by atoms with van der Waals surface area (Å²) in [7, 11) is 0. The number of rotatable bonds is 4. The quantitative estimate of drug-likeness (QED) is 0.905. The topological polar surface area (TPSA) is 37.8 Å². The van der Waals surface area contributed by atoms with E-state index in [9.17, 15) is 8.78 Å². The Kier molecular flexibility index (Phi) is 3.69. The molecule has 2 aliphatic carbocycles. The number of aromatic nitrogens is 2. The van der Waals surface area contributed by atoms with Gasteiger partial charge in [0, 0.05) is 12.0 Å². The Bertz CT molecular complexity index is 813. The molecule has 2 atom stereocenters. The van der Waals surface area contributed by atoms with Crippen molar-refractivity contribution < 1.29 is 8.78 Å². The SMILES string of the molecule is CCNC[C@@]12CC[C@@H](c3cc(-c4c(F)cccc4F)nnc31)C2(C)C. The number of benzene rings is 1. The minimum atomic E-state index is -0.598. The summed E-state index contributed by atoms with van der Waals surface area (Å²) in [5.74, 6) is -0.844.